The molecule has 0 amide bonds. The molecule has 0 aliphatic heterocycles. The van der Waals surface area contributed by atoms with Crippen molar-refractivity contribution in [2.45, 2.75) is 12.8 Å². The van der Waals surface area contributed by atoms with E-state index >= 15 is 0 Å². The average Bonchev–Trinajstić information content (AvgIpc) is 2.90. The van der Waals surface area contributed by atoms with Crippen LogP contribution in [0.3, 0.4) is 0 Å². The van der Waals surface area contributed by atoms with E-state index in [1.54, 1.807) is 0 Å². The first-order valence-electron chi connectivity index (χ1n) is 11.4. The Morgan fingerprint density at radius 2 is 0.800 bits per heavy atom. The van der Waals surface area contributed by atoms with Gasteiger partial charge in [-0.3, -0.25) is 0 Å². The summed E-state index contributed by atoms with van der Waals surface area (Å²) in [6.07, 6.45) is 4.83. The molecule has 3 heteroatoms. The van der Waals surface area contributed by atoms with Gasteiger partial charge < -0.3 is 0 Å². The van der Waals surface area contributed by atoms with E-state index in [0.29, 0.717) is 24.0 Å². The Morgan fingerprint density at radius 1 is 0.486 bits per heavy atom. The fraction of sp³-hybridized carbons (Fsp3) is 0.0625. The number of hydrogen-bond donors (Lipinski definition) is 0. The van der Waals surface area contributed by atoms with Gasteiger partial charge in [0.25, 0.3) is 0 Å². The van der Waals surface area contributed by atoms with E-state index in [1.165, 1.54) is 0 Å². The van der Waals surface area contributed by atoms with Crippen LogP contribution in [0.2, 0.25) is 0 Å². The van der Waals surface area contributed by atoms with Gasteiger partial charge in [0.2, 0.25) is 0 Å². The van der Waals surface area contributed by atoms with Crippen LogP contribution in [0.1, 0.15) is 22.3 Å². The SMILES string of the molecule is O=[C]([Pd][C](=O)C(=Cc1ccccc1)Cc1ccccc1)C(=Cc1ccccc1)Cc1ccccc1. The molecule has 0 aliphatic carbocycles. The van der Waals surface area contributed by atoms with Gasteiger partial charge in [0.15, 0.2) is 0 Å². The number of rotatable bonds is 10. The van der Waals surface area contributed by atoms with E-state index < -0.39 is 18.0 Å². The van der Waals surface area contributed by atoms with Crippen molar-refractivity contribution in [2.24, 2.45) is 0 Å². The van der Waals surface area contributed by atoms with E-state index in [9.17, 15) is 9.59 Å². The Balaban J connectivity index is 1.60. The zero-order valence-electron chi connectivity index (χ0n) is 19.2. The molecule has 0 heterocycles. The van der Waals surface area contributed by atoms with Crippen molar-refractivity contribution in [3.8, 4) is 0 Å². The second-order valence-electron chi connectivity index (χ2n) is 8.06. The fourth-order valence-corrected chi connectivity index (χ4v) is 4.95. The molecule has 0 radical (unpaired) electrons. The second kappa shape index (κ2) is 12.7. The van der Waals surface area contributed by atoms with Gasteiger partial charge in [-0.25, -0.2) is 0 Å². The summed E-state index contributed by atoms with van der Waals surface area (Å²) in [5.41, 5.74) is 5.32. The Bertz CT molecular complexity index is 1200. The number of carbonyl (C=O) groups is 2. The summed E-state index contributed by atoms with van der Waals surface area (Å²) in [7, 11) is 0. The number of hydrogen-bond acceptors (Lipinski definition) is 2. The van der Waals surface area contributed by atoms with Crippen molar-refractivity contribution in [3.63, 3.8) is 0 Å². The first kappa shape index (κ1) is 24.5. The van der Waals surface area contributed by atoms with Gasteiger partial charge in [-0.2, -0.15) is 0 Å². The van der Waals surface area contributed by atoms with Crippen LogP contribution in [0.25, 0.3) is 12.2 Å². The number of benzene rings is 4. The molecular formula is C32H26O2Pd. The van der Waals surface area contributed by atoms with Crippen LogP contribution in [0.4, 0.5) is 0 Å². The van der Waals surface area contributed by atoms with E-state index in [-0.39, 0.29) is 8.51 Å². The number of allylic oxidation sites excluding steroid dienone is 2. The Labute approximate surface area is 215 Å². The molecule has 0 aliphatic rings. The first-order valence-corrected chi connectivity index (χ1v) is 13.0. The van der Waals surface area contributed by atoms with Crippen LogP contribution in [0.15, 0.2) is 132 Å². The van der Waals surface area contributed by atoms with Crippen LogP contribution in [-0.4, -0.2) is 8.51 Å². The van der Waals surface area contributed by atoms with Gasteiger partial charge >= 0.3 is 216 Å². The fourth-order valence-electron chi connectivity index (χ4n) is 3.63. The van der Waals surface area contributed by atoms with Crippen molar-refractivity contribution in [2.75, 3.05) is 0 Å². The molecule has 0 saturated heterocycles. The van der Waals surface area contributed by atoms with Gasteiger partial charge in [0.1, 0.15) is 0 Å². The summed E-state index contributed by atoms with van der Waals surface area (Å²) in [6.45, 7) is 0. The molecule has 0 N–H and O–H groups in total. The minimum atomic E-state index is -0.716. The van der Waals surface area contributed by atoms with Crippen LogP contribution < -0.4 is 0 Å². The van der Waals surface area contributed by atoms with Gasteiger partial charge in [-0.15, -0.1) is 0 Å². The zero-order valence-corrected chi connectivity index (χ0v) is 20.8. The molecule has 2 nitrogen and oxygen atoms in total. The molecule has 0 spiro atoms. The third-order valence-corrected chi connectivity index (χ3v) is 7.07. The summed E-state index contributed by atoms with van der Waals surface area (Å²) in [6, 6.07) is 39.4. The molecule has 0 unspecified atom stereocenters. The molecule has 0 bridgehead atoms. The van der Waals surface area contributed by atoms with Gasteiger partial charge in [-0.05, 0) is 0 Å². The molecule has 0 atom stereocenters. The summed E-state index contributed by atoms with van der Waals surface area (Å²) >= 11 is -0.716. The Morgan fingerprint density at radius 3 is 1.14 bits per heavy atom. The van der Waals surface area contributed by atoms with Crippen molar-refractivity contribution in [1.82, 2.24) is 0 Å². The first-order chi connectivity index (χ1) is 17.2. The predicted octanol–water partition coefficient (Wildman–Crippen LogP) is 6.77. The van der Waals surface area contributed by atoms with Crippen molar-refractivity contribution in [1.29, 1.82) is 0 Å². The molecule has 0 fully saturated rings. The van der Waals surface area contributed by atoms with Crippen LogP contribution in [0.5, 0.6) is 0 Å². The molecular weight excluding hydrogens is 523 g/mol. The van der Waals surface area contributed by atoms with E-state index in [0.717, 1.165) is 22.3 Å². The maximum atomic E-state index is 13.5. The normalized spacial score (nSPS) is 11.9. The second-order valence-corrected chi connectivity index (χ2v) is 9.86. The summed E-state index contributed by atoms with van der Waals surface area (Å²) in [4.78, 5) is 27.0. The monoisotopic (exact) mass is 548 g/mol. The zero-order chi connectivity index (χ0) is 24.3. The molecule has 4 aromatic carbocycles. The van der Waals surface area contributed by atoms with Gasteiger partial charge in [0, 0.05) is 0 Å². The topological polar surface area (TPSA) is 34.1 Å². The summed E-state index contributed by atoms with van der Waals surface area (Å²) < 4.78 is -0.188. The quantitative estimate of drug-likeness (QED) is 0.162. The number of carbonyl (C=O) groups excluding carboxylic acids is 2. The standard InChI is InChI=1S/2C16H13O.Pd/c2*17-13-16(11-14-7-3-1-4-8-14)12-15-9-5-2-6-10-15;/h2*1-11H,12H2;. The predicted molar refractivity (Wildman–Crippen MR) is 139 cm³/mol. The minimum absolute atomic E-state index is 0.0938. The molecule has 35 heavy (non-hydrogen) atoms. The van der Waals surface area contributed by atoms with Crippen molar-refractivity contribution < 1.29 is 27.6 Å². The summed E-state index contributed by atoms with van der Waals surface area (Å²) in [5, 5.41) is 0. The van der Waals surface area contributed by atoms with Gasteiger partial charge in [-0.1, -0.05) is 0 Å². The van der Waals surface area contributed by atoms with E-state index in [4.69, 9.17) is 0 Å². The van der Waals surface area contributed by atoms with E-state index in [2.05, 4.69) is 0 Å². The summed E-state index contributed by atoms with van der Waals surface area (Å²) in [5.74, 6) is 0. The molecule has 0 aromatic heterocycles. The Kier molecular flexibility index (Phi) is 8.90. The average molecular weight is 549 g/mol. The molecule has 4 aromatic rings. The van der Waals surface area contributed by atoms with E-state index in [1.807, 2.05) is 133 Å². The third kappa shape index (κ3) is 7.69. The van der Waals surface area contributed by atoms with Crippen molar-refractivity contribution in [3.05, 3.63) is 155 Å². The van der Waals surface area contributed by atoms with Crippen LogP contribution in [-0.2, 0) is 40.4 Å². The molecule has 4 rings (SSSR count). The third-order valence-electron chi connectivity index (χ3n) is 5.36. The van der Waals surface area contributed by atoms with Crippen LogP contribution in [0, 0.1) is 0 Å². The maximum absolute atomic E-state index is 13.5. The molecule has 0 saturated carbocycles. The Hall–Kier alpha value is -3.64. The molecule has 176 valence electrons. The van der Waals surface area contributed by atoms with Crippen LogP contribution >= 0.6 is 0 Å². The van der Waals surface area contributed by atoms with Gasteiger partial charge in [0.05, 0.1) is 0 Å². The van der Waals surface area contributed by atoms with Crippen molar-refractivity contribution >= 4 is 20.7 Å².